The summed E-state index contributed by atoms with van der Waals surface area (Å²) < 4.78 is 6.08. The van der Waals surface area contributed by atoms with Gasteiger partial charge in [-0.05, 0) is 179 Å². The van der Waals surface area contributed by atoms with E-state index in [4.69, 9.17) is 4.74 Å². The summed E-state index contributed by atoms with van der Waals surface area (Å²) in [4.78, 5) is 0. The third-order valence-electron chi connectivity index (χ3n) is 9.68. The van der Waals surface area contributed by atoms with Gasteiger partial charge in [0.25, 0.3) is 0 Å². The fourth-order valence-corrected chi connectivity index (χ4v) is 6.36. The quantitative estimate of drug-likeness (QED) is 0.293. The van der Waals surface area contributed by atoms with Crippen LogP contribution in [0.5, 0.6) is 5.75 Å². The minimum absolute atomic E-state index is 0.189. The van der Waals surface area contributed by atoms with E-state index in [0.717, 1.165) is 12.2 Å². The van der Waals surface area contributed by atoms with Gasteiger partial charge in [-0.3, -0.25) is 0 Å². The van der Waals surface area contributed by atoms with Gasteiger partial charge in [0.05, 0.1) is 0 Å². The smallest absolute Gasteiger partial charge is 0.131 e. The lowest BCUT2D eigenvalue weighted by atomic mass is 9.73. The second kappa shape index (κ2) is 9.44. The highest BCUT2D eigenvalue weighted by Crippen LogP contribution is 2.43. The lowest BCUT2D eigenvalue weighted by Crippen LogP contribution is -2.28. The van der Waals surface area contributed by atoms with E-state index in [1.165, 1.54) is 77.5 Å². The predicted octanol–water partition coefficient (Wildman–Crippen LogP) is 10.4. The van der Waals surface area contributed by atoms with E-state index >= 15 is 0 Å². The van der Waals surface area contributed by atoms with Gasteiger partial charge in [0.1, 0.15) is 11.4 Å². The standard InChI is InChI=1S/C22H28.C15H20O/c1-12-13(2)16(5)21-19-11-22(7,8)10-9-18(19)14(3)17(6)20(21)15(12)4;1-9-10(2)12(4)14-13(11(9)3)7-8-15(5,6)16-14/h9-10H,11H2,1-8H3;7-8H,1-6H3. The molecule has 1 heterocycles. The van der Waals surface area contributed by atoms with Gasteiger partial charge in [0, 0.05) is 5.56 Å². The Morgan fingerprint density at radius 3 is 1.55 bits per heavy atom. The number of allylic oxidation sites excluding steroid dienone is 1. The van der Waals surface area contributed by atoms with Crippen LogP contribution in [-0.2, 0) is 6.42 Å². The maximum absolute atomic E-state index is 6.08. The molecule has 0 unspecified atom stereocenters. The summed E-state index contributed by atoms with van der Waals surface area (Å²) in [6.45, 7) is 31.3. The van der Waals surface area contributed by atoms with Crippen molar-refractivity contribution in [3.05, 3.63) is 84.5 Å². The van der Waals surface area contributed by atoms with Crippen molar-refractivity contribution in [3.63, 3.8) is 0 Å². The summed E-state index contributed by atoms with van der Waals surface area (Å²) in [5.41, 5.74) is 18.5. The molecule has 2 aliphatic rings. The molecule has 1 heteroatoms. The summed E-state index contributed by atoms with van der Waals surface area (Å²) in [7, 11) is 0. The third kappa shape index (κ3) is 4.53. The molecular formula is C37H48O. The molecule has 0 spiro atoms. The molecule has 0 atom stereocenters. The Balaban J connectivity index is 0.000000186. The van der Waals surface area contributed by atoms with Crippen LogP contribution in [0.2, 0.25) is 0 Å². The monoisotopic (exact) mass is 508 g/mol. The first kappa shape index (κ1) is 28.2. The minimum atomic E-state index is -0.189. The van der Waals surface area contributed by atoms with Gasteiger partial charge in [0.15, 0.2) is 0 Å². The largest absolute Gasteiger partial charge is 0.483 e. The molecule has 0 radical (unpaired) electrons. The molecule has 0 bridgehead atoms. The van der Waals surface area contributed by atoms with Crippen molar-refractivity contribution in [2.24, 2.45) is 5.41 Å². The van der Waals surface area contributed by atoms with Crippen LogP contribution in [0.15, 0.2) is 12.2 Å². The first-order chi connectivity index (χ1) is 17.5. The SMILES string of the molecule is Cc1c(C)c(C)c2c(c1C)C=CC(C)(C)O2.Cc1c(C)c(C)c2c3c(c(C)c(C)c2c1C)C=CC(C)(C)C3. The molecule has 1 nitrogen and oxygen atoms in total. The fourth-order valence-electron chi connectivity index (χ4n) is 6.36. The van der Waals surface area contributed by atoms with Gasteiger partial charge in [-0.15, -0.1) is 0 Å². The van der Waals surface area contributed by atoms with Crippen molar-refractivity contribution in [1.29, 1.82) is 0 Å². The number of benzene rings is 3. The Labute approximate surface area is 232 Å². The molecule has 0 saturated heterocycles. The van der Waals surface area contributed by atoms with Crippen LogP contribution in [0, 0.1) is 74.7 Å². The fraction of sp³-hybridized carbons (Fsp3) is 0.459. The van der Waals surface area contributed by atoms with E-state index in [9.17, 15) is 0 Å². The van der Waals surface area contributed by atoms with Crippen LogP contribution in [-0.4, -0.2) is 5.60 Å². The van der Waals surface area contributed by atoms with Crippen molar-refractivity contribution in [2.75, 3.05) is 0 Å². The summed E-state index contributed by atoms with van der Waals surface area (Å²) >= 11 is 0. The van der Waals surface area contributed by atoms with E-state index in [-0.39, 0.29) is 11.0 Å². The van der Waals surface area contributed by atoms with Crippen molar-refractivity contribution >= 4 is 22.9 Å². The normalized spacial score (nSPS) is 16.5. The van der Waals surface area contributed by atoms with Gasteiger partial charge in [-0.25, -0.2) is 0 Å². The van der Waals surface area contributed by atoms with E-state index in [2.05, 4.69) is 121 Å². The van der Waals surface area contributed by atoms with Crippen molar-refractivity contribution in [1.82, 2.24) is 0 Å². The average molecular weight is 509 g/mol. The van der Waals surface area contributed by atoms with Gasteiger partial charge in [-0.2, -0.15) is 0 Å². The maximum atomic E-state index is 6.08. The zero-order valence-electron chi connectivity index (χ0n) is 26.4. The zero-order chi connectivity index (χ0) is 28.5. The topological polar surface area (TPSA) is 9.23 Å². The molecule has 0 amide bonds. The number of aryl methyl sites for hydroxylation is 3. The van der Waals surface area contributed by atoms with Crippen LogP contribution in [0.1, 0.15) is 100 Å². The number of rotatable bonds is 0. The first-order valence-electron chi connectivity index (χ1n) is 14.2. The Kier molecular flexibility index (Phi) is 7.01. The summed E-state index contributed by atoms with van der Waals surface area (Å²) in [5, 5.41) is 3.03. The lowest BCUT2D eigenvalue weighted by Gasteiger charge is -2.31. The zero-order valence-corrected chi connectivity index (χ0v) is 26.4. The van der Waals surface area contributed by atoms with Gasteiger partial charge < -0.3 is 4.74 Å². The number of fused-ring (bicyclic) bond motifs is 4. The van der Waals surface area contributed by atoms with E-state index in [1.54, 1.807) is 5.56 Å². The van der Waals surface area contributed by atoms with Crippen molar-refractivity contribution in [2.45, 2.75) is 109 Å². The number of ether oxygens (including phenoxy) is 1. The minimum Gasteiger partial charge on any atom is -0.483 e. The molecule has 1 aliphatic carbocycles. The molecule has 202 valence electrons. The van der Waals surface area contributed by atoms with Crippen molar-refractivity contribution in [3.8, 4) is 5.75 Å². The third-order valence-corrected chi connectivity index (χ3v) is 9.68. The van der Waals surface area contributed by atoms with Crippen LogP contribution in [0.4, 0.5) is 0 Å². The summed E-state index contributed by atoms with van der Waals surface area (Å²) in [6.07, 6.45) is 10.2. The summed E-state index contributed by atoms with van der Waals surface area (Å²) in [6, 6.07) is 0. The molecular weight excluding hydrogens is 460 g/mol. The highest BCUT2D eigenvalue weighted by molar-refractivity contribution is 5.99. The molecule has 38 heavy (non-hydrogen) atoms. The Morgan fingerprint density at radius 1 is 0.500 bits per heavy atom. The van der Waals surface area contributed by atoms with E-state index in [1.807, 2.05) is 0 Å². The average Bonchev–Trinajstić information content (AvgIpc) is 2.85. The molecule has 0 saturated carbocycles. The summed E-state index contributed by atoms with van der Waals surface area (Å²) in [5.74, 6) is 1.06. The number of hydrogen-bond acceptors (Lipinski definition) is 1. The molecule has 5 rings (SSSR count). The van der Waals surface area contributed by atoms with Crippen LogP contribution in [0.25, 0.3) is 22.9 Å². The molecule has 3 aromatic carbocycles. The number of hydrogen-bond donors (Lipinski definition) is 0. The second-order valence-electron chi connectivity index (χ2n) is 13.2. The Bertz CT molecular complexity index is 1540. The van der Waals surface area contributed by atoms with Gasteiger partial charge >= 0.3 is 0 Å². The van der Waals surface area contributed by atoms with Crippen molar-refractivity contribution < 1.29 is 4.74 Å². The van der Waals surface area contributed by atoms with Crippen LogP contribution >= 0.6 is 0 Å². The molecule has 0 N–H and O–H groups in total. The van der Waals surface area contributed by atoms with Crippen LogP contribution < -0.4 is 4.74 Å². The molecule has 0 fully saturated rings. The molecule has 1 aliphatic heterocycles. The Hall–Kier alpha value is -2.80. The first-order valence-corrected chi connectivity index (χ1v) is 14.2. The lowest BCUT2D eigenvalue weighted by molar-refractivity contribution is 0.157. The predicted molar refractivity (Wildman–Crippen MR) is 168 cm³/mol. The van der Waals surface area contributed by atoms with Gasteiger partial charge in [-0.1, -0.05) is 32.1 Å². The second-order valence-corrected chi connectivity index (χ2v) is 13.2. The van der Waals surface area contributed by atoms with Gasteiger partial charge in [0.2, 0.25) is 0 Å². The van der Waals surface area contributed by atoms with E-state index in [0.29, 0.717) is 0 Å². The highest BCUT2D eigenvalue weighted by atomic mass is 16.5. The highest BCUT2D eigenvalue weighted by Gasteiger charge is 2.27. The molecule has 0 aromatic heterocycles. The molecule has 3 aromatic rings. The maximum Gasteiger partial charge on any atom is 0.131 e. The van der Waals surface area contributed by atoms with Crippen LogP contribution in [0.3, 0.4) is 0 Å². The Morgan fingerprint density at radius 2 is 0.947 bits per heavy atom. The van der Waals surface area contributed by atoms with E-state index < -0.39 is 0 Å².